The first-order chi connectivity index (χ1) is 18.3. The van der Waals surface area contributed by atoms with E-state index < -0.39 is 5.60 Å². The van der Waals surface area contributed by atoms with Gasteiger partial charge >= 0.3 is 0 Å². The van der Waals surface area contributed by atoms with Crippen LogP contribution in [0.25, 0.3) is 16.7 Å². The molecule has 1 N–H and O–H groups in total. The zero-order chi connectivity index (χ0) is 26.7. The minimum Gasteiger partial charge on any atom is -0.377 e. The molecule has 0 unspecified atom stereocenters. The molecule has 0 spiro atoms. The highest BCUT2D eigenvalue weighted by Crippen LogP contribution is 2.64. The smallest absolute Gasteiger partial charge is 0.163 e. The van der Waals surface area contributed by atoms with Crippen LogP contribution in [0.15, 0.2) is 66.3 Å². The number of fused-ring (bicyclic) bond motifs is 5. The molecule has 3 heteroatoms. The molecule has 2 saturated carbocycles. The maximum Gasteiger partial charge on any atom is 0.163 e. The number of carbonyl (C=O) groups is 2. The van der Waals surface area contributed by atoms with Crippen molar-refractivity contribution in [2.45, 2.75) is 64.9 Å². The number of ketones is 2. The van der Waals surface area contributed by atoms with Crippen molar-refractivity contribution < 1.29 is 14.7 Å². The minimum absolute atomic E-state index is 0.0491. The molecule has 3 nitrogen and oxygen atoms in total. The molecule has 38 heavy (non-hydrogen) atoms. The normalized spacial score (nSPS) is 33.6. The molecule has 4 aliphatic rings. The van der Waals surface area contributed by atoms with Crippen LogP contribution in [0.3, 0.4) is 0 Å². The van der Waals surface area contributed by atoms with E-state index in [0.717, 1.165) is 54.4 Å². The van der Waals surface area contributed by atoms with Crippen LogP contribution in [0.2, 0.25) is 0 Å². The van der Waals surface area contributed by atoms with Gasteiger partial charge in [0.15, 0.2) is 11.6 Å². The summed E-state index contributed by atoms with van der Waals surface area (Å²) in [5.41, 5.74) is 4.71. The number of allylic oxidation sites excluding steroid dienone is 4. The predicted octanol–water partition coefficient (Wildman–Crippen LogP) is 7.06. The van der Waals surface area contributed by atoms with Crippen molar-refractivity contribution in [1.82, 2.24) is 0 Å². The molecule has 6 atom stereocenters. The van der Waals surface area contributed by atoms with E-state index in [1.165, 1.54) is 5.57 Å². The van der Waals surface area contributed by atoms with E-state index >= 15 is 0 Å². The molecule has 6 rings (SSSR count). The summed E-state index contributed by atoms with van der Waals surface area (Å²) in [6, 6.07) is 15.9. The molecule has 2 aromatic rings. The van der Waals surface area contributed by atoms with Gasteiger partial charge in [-0.2, -0.15) is 0 Å². The fourth-order valence-electron chi connectivity index (χ4n) is 8.32. The summed E-state index contributed by atoms with van der Waals surface area (Å²) in [6.45, 7) is 5.66. The molecular formula is C35H36O3. The average Bonchev–Trinajstić information content (AvgIpc) is 3.19. The van der Waals surface area contributed by atoms with Crippen LogP contribution >= 0.6 is 0 Å². The second-order valence-corrected chi connectivity index (χ2v) is 12.0. The molecule has 4 aliphatic carbocycles. The average molecular weight is 505 g/mol. The lowest BCUT2D eigenvalue weighted by Gasteiger charge is -2.53. The first-order valence-electron chi connectivity index (χ1n) is 14.1. The van der Waals surface area contributed by atoms with Crippen LogP contribution in [0.5, 0.6) is 0 Å². The van der Waals surface area contributed by atoms with Gasteiger partial charge in [0.05, 0.1) is 0 Å². The summed E-state index contributed by atoms with van der Waals surface area (Å²) >= 11 is 0. The Hall–Kier alpha value is -3.22. The summed E-state index contributed by atoms with van der Waals surface area (Å²) in [7, 11) is 0. The van der Waals surface area contributed by atoms with E-state index in [1.54, 1.807) is 6.92 Å². The Morgan fingerprint density at radius 1 is 1.00 bits per heavy atom. The summed E-state index contributed by atoms with van der Waals surface area (Å²) in [6.07, 6.45) is 9.88. The van der Waals surface area contributed by atoms with E-state index in [1.807, 2.05) is 43.3 Å². The topological polar surface area (TPSA) is 54.4 Å². The number of benzene rings is 2. The molecule has 2 fully saturated rings. The zero-order valence-corrected chi connectivity index (χ0v) is 22.6. The first-order valence-corrected chi connectivity index (χ1v) is 14.1. The molecule has 0 radical (unpaired) electrons. The van der Waals surface area contributed by atoms with Crippen LogP contribution in [0.1, 0.15) is 75.2 Å². The number of carbonyl (C=O) groups excluding carboxylic acids is 2. The van der Waals surface area contributed by atoms with Crippen molar-refractivity contribution in [3.05, 3.63) is 77.4 Å². The molecule has 2 aromatic carbocycles. The number of Topliss-reactive ketones (excluding diaryl/α,β-unsaturated/α-hetero) is 2. The van der Waals surface area contributed by atoms with Crippen molar-refractivity contribution in [1.29, 1.82) is 0 Å². The highest BCUT2D eigenvalue weighted by atomic mass is 16.3. The number of rotatable bonds is 3. The second kappa shape index (κ2) is 9.21. The van der Waals surface area contributed by atoms with E-state index in [0.29, 0.717) is 35.7 Å². The lowest BCUT2D eigenvalue weighted by molar-refractivity contribution is -0.114. The Morgan fingerprint density at radius 2 is 1.74 bits per heavy atom. The largest absolute Gasteiger partial charge is 0.377 e. The highest BCUT2D eigenvalue weighted by molar-refractivity contribution is 6.24. The minimum atomic E-state index is -0.897. The molecule has 0 heterocycles. The molecule has 0 aromatic heterocycles. The van der Waals surface area contributed by atoms with Crippen molar-refractivity contribution in [3.63, 3.8) is 0 Å². The standard InChI is InChI=1S/C35H36O3/c1-4-19-35(38)21-18-31-28-13-14-30-26(27(28)17-20-34(31,35)3)15-16-32(37)33(30)29-8-6-5-7-25(29)24-11-9-23(10-12-24)22(2)36/h5-14,26-28,31,38H,15-18,20-21H2,1-3H3/t26-,27-,28-,31+,34+,35+/m1/s1. The van der Waals surface area contributed by atoms with E-state index in [2.05, 4.69) is 43.0 Å². The Balaban J connectivity index is 1.42. The molecule has 0 bridgehead atoms. The van der Waals surface area contributed by atoms with Crippen LogP contribution in [-0.2, 0) is 4.79 Å². The van der Waals surface area contributed by atoms with E-state index in [-0.39, 0.29) is 17.0 Å². The van der Waals surface area contributed by atoms with Gasteiger partial charge in [0.25, 0.3) is 0 Å². The third-order valence-electron chi connectivity index (χ3n) is 10.3. The maximum atomic E-state index is 13.5. The zero-order valence-electron chi connectivity index (χ0n) is 22.6. The van der Waals surface area contributed by atoms with E-state index in [4.69, 9.17) is 0 Å². The van der Waals surface area contributed by atoms with Gasteiger partial charge in [-0.25, -0.2) is 0 Å². The van der Waals surface area contributed by atoms with Crippen molar-refractivity contribution >= 4 is 17.1 Å². The molecule has 194 valence electrons. The quantitative estimate of drug-likeness (QED) is 0.360. The predicted molar refractivity (Wildman–Crippen MR) is 151 cm³/mol. The summed E-state index contributed by atoms with van der Waals surface area (Å²) in [5.74, 6) is 8.15. The van der Waals surface area contributed by atoms with Crippen LogP contribution < -0.4 is 0 Å². The Kier molecular flexibility index (Phi) is 6.08. The summed E-state index contributed by atoms with van der Waals surface area (Å²) in [4.78, 5) is 25.3. The summed E-state index contributed by atoms with van der Waals surface area (Å²) < 4.78 is 0. The van der Waals surface area contributed by atoms with Gasteiger partial charge in [0.1, 0.15) is 5.60 Å². The number of hydrogen-bond donors (Lipinski definition) is 1. The number of hydrogen-bond acceptors (Lipinski definition) is 3. The van der Waals surface area contributed by atoms with E-state index in [9.17, 15) is 14.7 Å². The van der Waals surface area contributed by atoms with Gasteiger partial charge < -0.3 is 5.11 Å². The van der Waals surface area contributed by atoms with Gasteiger partial charge in [0.2, 0.25) is 0 Å². The first kappa shape index (κ1) is 25.1. The monoisotopic (exact) mass is 504 g/mol. The van der Waals surface area contributed by atoms with Gasteiger partial charge in [0, 0.05) is 23.0 Å². The Labute approximate surface area is 226 Å². The van der Waals surface area contributed by atoms with Gasteiger partial charge in [-0.3, -0.25) is 9.59 Å². The Morgan fingerprint density at radius 3 is 2.45 bits per heavy atom. The third-order valence-corrected chi connectivity index (χ3v) is 10.3. The number of aliphatic hydroxyl groups is 1. The molecule has 0 aliphatic heterocycles. The van der Waals surface area contributed by atoms with Gasteiger partial charge in [-0.1, -0.05) is 73.5 Å². The fraction of sp³-hybridized carbons (Fsp3) is 0.429. The fourth-order valence-corrected chi connectivity index (χ4v) is 8.32. The molecule has 0 amide bonds. The van der Waals surface area contributed by atoms with Gasteiger partial charge in [-0.05, 0) is 91.9 Å². The molecule has 0 saturated heterocycles. The van der Waals surface area contributed by atoms with Crippen molar-refractivity contribution in [2.75, 3.05) is 0 Å². The SMILES string of the molecule is CC#C[C@]1(O)CC[C@H]2[C@@H]3C=CC4=C(c5ccccc5-c5ccc(C(C)=O)cc5)C(=O)CC[C@@H]4[C@H]3CC[C@@]21C. The van der Waals surface area contributed by atoms with Crippen LogP contribution in [0.4, 0.5) is 0 Å². The lowest BCUT2D eigenvalue weighted by Crippen LogP contribution is -2.51. The highest BCUT2D eigenvalue weighted by Gasteiger charge is 2.61. The third kappa shape index (κ3) is 3.69. The second-order valence-electron chi connectivity index (χ2n) is 12.0. The van der Waals surface area contributed by atoms with Crippen LogP contribution in [0, 0.1) is 40.9 Å². The van der Waals surface area contributed by atoms with Gasteiger partial charge in [-0.15, -0.1) is 5.92 Å². The maximum absolute atomic E-state index is 13.5. The molecular weight excluding hydrogens is 468 g/mol. The van der Waals surface area contributed by atoms with Crippen LogP contribution in [-0.4, -0.2) is 22.3 Å². The van der Waals surface area contributed by atoms with Crippen molar-refractivity contribution in [3.8, 4) is 23.0 Å². The lowest BCUT2D eigenvalue weighted by atomic mass is 9.52. The summed E-state index contributed by atoms with van der Waals surface area (Å²) in [5, 5.41) is 11.5. The Bertz CT molecular complexity index is 1430. The van der Waals surface area contributed by atoms with Crippen molar-refractivity contribution in [2.24, 2.45) is 29.1 Å².